The molecule has 0 aliphatic carbocycles. The van der Waals surface area contributed by atoms with E-state index in [-0.39, 0.29) is 51.9 Å². The fourth-order valence-electron chi connectivity index (χ4n) is 4.44. The van der Waals surface area contributed by atoms with E-state index in [4.69, 9.17) is 9.47 Å². The fraction of sp³-hybridized carbons (Fsp3) is 0.310. The summed E-state index contributed by atoms with van der Waals surface area (Å²) in [6.45, 7) is 4.80. The highest BCUT2D eigenvalue weighted by Crippen LogP contribution is 2.43. The normalized spacial score (nSPS) is 15.9. The highest BCUT2D eigenvalue weighted by molar-refractivity contribution is 7.90. The van der Waals surface area contributed by atoms with Gasteiger partial charge in [0.1, 0.15) is 24.2 Å². The minimum atomic E-state index is -3.75. The number of dihydropyridines is 1. The van der Waals surface area contributed by atoms with Gasteiger partial charge in [-0.3, -0.25) is 5.32 Å². The van der Waals surface area contributed by atoms with E-state index in [2.05, 4.69) is 10.6 Å². The smallest absolute Gasteiger partial charge is 0.334 e. The van der Waals surface area contributed by atoms with Crippen molar-refractivity contribution >= 4 is 21.8 Å². The number of hydrogen-bond acceptors (Lipinski definition) is 9. The number of sulfone groups is 1. The molecule has 12 heteroatoms. The third-order valence-electron chi connectivity index (χ3n) is 6.30. The van der Waals surface area contributed by atoms with Crippen molar-refractivity contribution in [3.8, 4) is 11.5 Å². The van der Waals surface area contributed by atoms with E-state index in [0.717, 1.165) is 6.26 Å². The summed E-state index contributed by atoms with van der Waals surface area (Å²) in [6.07, 6.45) is 2.55. The van der Waals surface area contributed by atoms with Crippen molar-refractivity contribution in [1.29, 1.82) is 0 Å². The average Bonchev–Trinajstić information content (AvgIpc) is 2.90. The van der Waals surface area contributed by atoms with Crippen LogP contribution in [0.25, 0.3) is 0 Å². The van der Waals surface area contributed by atoms with E-state index in [9.17, 15) is 33.3 Å². The Morgan fingerprint density at radius 1 is 1.05 bits per heavy atom. The number of rotatable bonds is 13. The maximum atomic E-state index is 12.4. The average molecular weight is 587 g/mol. The number of carbonyl (C=O) groups is 2. The zero-order valence-corrected chi connectivity index (χ0v) is 23.9. The van der Waals surface area contributed by atoms with Gasteiger partial charge >= 0.3 is 11.9 Å². The lowest BCUT2D eigenvalue weighted by atomic mass is 9.80. The molecule has 0 saturated heterocycles. The Balaban J connectivity index is 1.99. The van der Waals surface area contributed by atoms with Gasteiger partial charge in [-0.05, 0) is 57.2 Å². The molecule has 1 aliphatic rings. The Morgan fingerprint density at radius 3 is 2.20 bits per heavy atom. The van der Waals surface area contributed by atoms with Crippen molar-refractivity contribution in [2.24, 2.45) is 0 Å². The summed E-state index contributed by atoms with van der Waals surface area (Å²) >= 11 is 0. The molecular weight excluding hydrogens is 552 g/mol. The van der Waals surface area contributed by atoms with Crippen LogP contribution in [0.15, 0.2) is 88.1 Å². The third kappa shape index (κ3) is 7.97. The molecule has 2 aromatic rings. The van der Waals surface area contributed by atoms with Gasteiger partial charge in [-0.25, -0.2) is 18.0 Å². The lowest BCUT2D eigenvalue weighted by Crippen LogP contribution is -2.40. The van der Waals surface area contributed by atoms with Crippen molar-refractivity contribution in [3.63, 3.8) is 0 Å². The number of nitrogens with one attached hydrogen (secondary N) is 2. The molecule has 2 aromatic carbocycles. The molecule has 5 N–H and O–H groups in total. The SMILES string of the molecule is C/C=C/C(NCC(O)COc1ccccc1)Oc1ccc(S(C)(=O)=O)cc1C1C(C(=O)O)=C(C)NC(C)=C1C(=O)O. The molecular formula is C29H34N2O9S. The number of aliphatic carboxylic acids is 2. The molecule has 3 rings (SSSR count). The summed E-state index contributed by atoms with van der Waals surface area (Å²) in [5.74, 6) is -3.43. The molecule has 0 bridgehead atoms. The van der Waals surface area contributed by atoms with Gasteiger partial charge in [-0.2, -0.15) is 0 Å². The number of carboxylic acid groups (broad SMARTS) is 2. The van der Waals surface area contributed by atoms with Crippen LogP contribution in [0.5, 0.6) is 11.5 Å². The highest BCUT2D eigenvalue weighted by Gasteiger charge is 2.38. The summed E-state index contributed by atoms with van der Waals surface area (Å²) in [4.78, 5) is 24.6. The number of aliphatic hydroxyl groups is 1. The van der Waals surface area contributed by atoms with Crippen LogP contribution in [-0.4, -0.2) is 67.4 Å². The summed E-state index contributed by atoms with van der Waals surface area (Å²) in [6, 6.07) is 12.9. The first kappa shape index (κ1) is 31.4. The first-order valence-corrected chi connectivity index (χ1v) is 14.6. The van der Waals surface area contributed by atoms with Gasteiger partial charge in [0, 0.05) is 29.8 Å². The number of benzene rings is 2. The molecule has 41 heavy (non-hydrogen) atoms. The first-order chi connectivity index (χ1) is 19.3. The minimum absolute atomic E-state index is 0.00103. The Kier molecular flexibility index (Phi) is 10.3. The second kappa shape index (κ2) is 13.5. The van der Waals surface area contributed by atoms with E-state index >= 15 is 0 Å². The second-order valence-corrected chi connectivity index (χ2v) is 11.5. The van der Waals surface area contributed by atoms with Crippen LogP contribution < -0.4 is 20.1 Å². The fourth-order valence-corrected chi connectivity index (χ4v) is 5.10. The van der Waals surface area contributed by atoms with Crippen molar-refractivity contribution in [2.45, 2.75) is 43.9 Å². The van der Waals surface area contributed by atoms with Crippen LogP contribution in [0.3, 0.4) is 0 Å². The number of para-hydroxylation sites is 1. The Morgan fingerprint density at radius 2 is 1.66 bits per heavy atom. The van der Waals surface area contributed by atoms with Gasteiger partial charge < -0.3 is 30.1 Å². The zero-order valence-electron chi connectivity index (χ0n) is 23.1. The van der Waals surface area contributed by atoms with Crippen LogP contribution in [0.4, 0.5) is 0 Å². The molecule has 0 amide bonds. The summed E-state index contributed by atoms with van der Waals surface area (Å²) in [7, 11) is -3.75. The largest absolute Gasteiger partial charge is 0.491 e. The number of ether oxygens (including phenoxy) is 2. The molecule has 2 unspecified atom stereocenters. The molecule has 0 radical (unpaired) electrons. The van der Waals surface area contributed by atoms with Crippen LogP contribution >= 0.6 is 0 Å². The lowest BCUT2D eigenvalue weighted by Gasteiger charge is -2.30. The summed E-state index contributed by atoms with van der Waals surface area (Å²) in [5, 5.41) is 36.4. The van der Waals surface area contributed by atoms with E-state index < -0.39 is 40.0 Å². The molecule has 0 aromatic heterocycles. The lowest BCUT2D eigenvalue weighted by molar-refractivity contribution is -0.133. The molecule has 220 valence electrons. The number of carboxylic acids is 2. The Labute approximate surface area is 238 Å². The monoisotopic (exact) mass is 586 g/mol. The van der Waals surface area contributed by atoms with Crippen LogP contribution in [-0.2, 0) is 19.4 Å². The highest BCUT2D eigenvalue weighted by atomic mass is 32.2. The Bertz CT molecular complexity index is 1440. The molecule has 0 fully saturated rings. The minimum Gasteiger partial charge on any atom is -0.491 e. The van der Waals surface area contributed by atoms with Crippen molar-refractivity contribution in [2.75, 3.05) is 19.4 Å². The zero-order chi connectivity index (χ0) is 30.3. The molecule has 0 saturated carbocycles. The summed E-state index contributed by atoms with van der Waals surface area (Å²) in [5.41, 5.74) is -0.0389. The number of hydrogen-bond donors (Lipinski definition) is 5. The van der Waals surface area contributed by atoms with Gasteiger partial charge in [-0.1, -0.05) is 24.3 Å². The number of aliphatic hydroxyl groups excluding tert-OH is 1. The van der Waals surface area contributed by atoms with Crippen molar-refractivity contribution in [1.82, 2.24) is 10.6 Å². The second-order valence-electron chi connectivity index (χ2n) is 9.47. The number of allylic oxidation sites excluding steroid dienone is 3. The van der Waals surface area contributed by atoms with Crippen molar-refractivity contribution < 1.29 is 42.8 Å². The van der Waals surface area contributed by atoms with Gasteiger partial charge in [-0.15, -0.1) is 0 Å². The topological polar surface area (TPSA) is 171 Å². The van der Waals surface area contributed by atoms with Crippen LogP contribution in [0.1, 0.15) is 32.3 Å². The molecule has 1 aliphatic heterocycles. The predicted octanol–water partition coefficient (Wildman–Crippen LogP) is 2.80. The predicted molar refractivity (Wildman–Crippen MR) is 151 cm³/mol. The van der Waals surface area contributed by atoms with Gasteiger partial charge in [0.15, 0.2) is 16.1 Å². The molecule has 0 spiro atoms. The molecule has 11 nitrogen and oxygen atoms in total. The van der Waals surface area contributed by atoms with Crippen LogP contribution in [0, 0.1) is 0 Å². The standard InChI is InChI=1S/C29H34N2O9S/c1-5-9-24(30-15-19(32)16-39-20-10-7-6-8-11-20)40-23-13-12-21(41(4,37)38)14-22(23)27-25(28(33)34)17(2)31-18(3)26(27)29(35)36/h5-14,19,24,27,30-32H,15-16H2,1-4H3,(H,33,34)(H,35,36)/b9-5+. The van der Waals surface area contributed by atoms with Gasteiger partial charge in [0.05, 0.1) is 22.0 Å². The van der Waals surface area contributed by atoms with Crippen LogP contribution in [0.2, 0.25) is 0 Å². The maximum absolute atomic E-state index is 12.4. The molecule has 2 atom stereocenters. The van der Waals surface area contributed by atoms with E-state index in [1.807, 2.05) is 18.2 Å². The quantitative estimate of drug-likeness (QED) is 0.173. The Hall–Kier alpha value is -4.13. The van der Waals surface area contributed by atoms with Gasteiger partial charge in [0.25, 0.3) is 0 Å². The molecule has 1 heterocycles. The third-order valence-corrected chi connectivity index (χ3v) is 7.41. The van der Waals surface area contributed by atoms with E-state index in [0.29, 0.717) is 5.75 Å². The van der Waals surface area contributed by atoms with E-state index in [1.165, 1.54) is 32.0 Å². The van der Waals surface area contributed by atoms with Crippen molar-refractivity contribution in [3.05, 3.63) is 88.8 Å². The van der Waals surface area contributed by atoms with E-state index in [1.54, 1.807) is 31.2 Å². The van der Waals surface area contributed by atoms with Gasteiger partial charge in [0.2, 0.25) is 0 Å². The maximum Gasteiger partial charge on any atom is 0.334 e. The first-order valence-electron chi connectivity index (χ1n) is 12.7. The summed E-state index contributed by atoms with van der Waals surface area (Å²) < 4.78 is 36.6.